The van der Waals surface area contributed by atoms with E-state index in [-0.39, 0.29) is 5.54 Å². The monoisotopic (exact) mass is 262 g/mol. The van der Waals surface area contributed by atoms with Gasteiger partial charge in [-0.3, -0.25) is 4.90 Å². The maximum atomic E-state index is 5.60. The van der Waals surface area contributed by atoms with Crippen LogP contribution in [0.25, 0.3) is 0 Å². The molecule has 1 fully saturated rings. The third-order valence-electron chi connectivity index (χ3n) is 4.41. The van der Waals surface area contributed by atoms with E-state index in [0.717, 1.165) is 31.8 Å². The van der Waals surface area contributed by atoms with Gasteiger partial charge in [0.15, 0.2) is 0 Å². The van der Waals surface area contributed by atoms with Gasteiger partial charge in [-0.25, -0.2) is 0 Å². The molecule has 0 bridgehead atoms. The summed E-state index contributed by atoms with van der Waals surface area (Å²) in [5.41, 5.74) is 2.66. The first-order chi connectivity index (χ1) is 9.11. The number of hydrogen-bond donors (Lipinski definition) is 1. The zero-order valence-corrected chi connectivity index (χ0v) is 12.6. The van der Waals surface area contributed by atoms with Gasteiger partial charge in [0, 0.05) is 12.1 Å². The third kappa shape index (κ3) is 2.77. The number of hydrogen-bond acceptors (Lipinski definition) is 3. The van der Waals surface area contributed by atoms with Gasteiger partial charge in [-0.15, -0.1) is 0 Å². The number of nitrogens with one attached hydrogen (secondary N) is 1. The molecule has 0 aliphatic carbocycles. The van der Waals surface area contributed by atoms with Gasteiger partial charge in [0.1, 0.15) is 5.75 Å². The van der Waals surface area contributed by atoms with E-state index in [1.807, 2.05) is 0 Å². The Morgan fingerprint density at radius 3 is 2.89 bits per heavy atom. The fourth-order valence-electron chi connectivity index (χ4n) is 2.85. The first-order valence-electron chi connectivity index (χ1n) is 7.21. The molecule has 0 saturated carbocycles. The SMILES string of the molecule is CCc1ccc(OC)c(C2(C)CNCCCN2C)c1. The highest BCUT2D eigenvalue weighted by Gasteiger charge is 2.35. The molecule has 19 heavy (non-hydrogen) atoms. The average Bonchev–Trinajstić information content (AvgIpc) is 2.61. The zero-order valence-electron chi connectivity index (χ0n) is 12.6. The molecule has 2 rings (SSSR count). The van der Waals surface area contributed by atoms with E-state index >= 15 is 0 Å². The quantitative estimate of drug-likeness (QED) is 0.905. The van der Waals surface area contributed by atoms with Crippen LogP contribution in [0.5, 0.6) is 5.75 Å². The standard InChI is InChI=1S/C16H26N2O/c1-5-13-7-8-15(19-4)14(11-13)16(2)12-17-9-6-10-18(16)3/h7-8,11,17H,5-6,9-10,12H2,1-4H3. The van der Waals surface area contributed by atoms with Crippen LogP contribution in [0.4, 0.5) is 0 Å². The lowest BCUT2D eigenvalue weighted by Crippen LogP contribution is -2.46. The summed E-state index contributed by atoms with van der Waals surface area (Å²) in [6.45, 7) is 7.68. The van der Waals surface area contributed by atoms with Crippen molar-refractivity contribution >= 4 is 0 Å². The molecule has 1 heterocycles. The average molecular weight is 262 g/mol. The number of benzene rings is 1. The van der Waals surface area contributed by atoms with Gasteiger partial charge >= 0.3 is 0 Å². The molecule has 1 aromatic rings. The molecular formula is C16H26N2O. The summed E-state index contributed by atoms with van der Waals surface area (Å²) in [5, 5.41) is 3.56. The smallest absolute Gasteiger partial charge is 0.123 e. The first kappa shape index (κ1) is 14.4. The van der Waals surface area contributed by atoms with Crippen LogP contribution >= 0.6 is 0 Å². The Kier molecular flexibility index (Phi) is 4.48. The van der Waals surface area contributed by atoms with Crippen LogP contribution in [0.1, 0.15) is 31.4 Å². The van der Waals surface area contributed by atoms with Gasteiger partial charge in [0.25, 0.3) is 0 Å². The molecule has 1 unspecified atom stereocenters. The second-order valence-electron chi connectivity index (χ2n) is 5.61. The van der Waals surface area contributed by atoms with E-state index in [4.69, 9.17) is 4.74 Å². The van der Waals surface area contributed by atoms with Crippen LogP contribution in [-0.2, 0) is 12.0 Å². The number of rotatable bonds is 3. The summed E-state index contributed by atoms with van der Waals surface area (Å²) in [7, 11) is 3.98. The van der Waals surface area contributed by atoms with E-state index < -0.39 is 0 Å². The van der Waals surface area contributed by atoms with Crippen molar-refractivity contribution < 1.29 is 4.74 Å². The summed E-state index contributed by atoms with van der Waals surface area (Å²) in [4.78, 5) is 2.45. The van der Waals surface area contributed by atoms with Crippen molar-refractivity contribution in [3.05, 3.63) is 29.3 Å². The number of nitrogens with zero attached hydrogens (tertiary/aromatic N) is 1. The minimum Gasteiger partial charge on any atom is -0.496 e. The molecule has 3 nitrogen and oxygen atoms in total. The Bertz CT molecular complexity index is 433. The van der Waals surface area contributed by atoms with Crippen LogP contribution in [0.15, 0.2) is 18.2 Å². The topological polar surface area (TPSA) is 24.5 Å². The van der Waals surface area contributed by atoms with Gasteiger partial charge in [-0.1, -0.05) is 19.1 Å². The molecule has 0 radical (unpaired) electrons. The molecule has 0 amide bonds. The lowest BCUT2D eigenvalue weighted by molar-refractivity contribution is 0.147. The molecule has 0 spiro atoms. The maximum absolute atomic E-state index is 5.60. The van der Waals surface area contributed by atoms with Crippen LogP contribution in [-0.4, -0.2) is 38.7 Å². The molecule has 1 N–H and O–H groups in total. The molecule has 1 aromatic carbocycles. The molecule has 3 heteroatoms. The van der Waals surface area contributed by atoms with Crippen molar-refractivity contribution in [2.24, 2.45) is 0 Å². The predicted octanol–water partition coefficient (Wildman–Crippen LogP) is 2.40. The van der Waals surface area contributed by atoms with Gasteiger partial charge in [-0.2, -0.15) is 0 Å². The molecule has 1 aliphatic heterocycles. The van der Waals surface area contributed by atoms with E-state index in [2.05, 4.69) is 49.3 Å². The Morgan fingerprint density at radius 2 is 2.21 bits per heavy atom. The van der Waals surface area contributed by atoms with Gasteiger partial charge in [0.2, 0.25) is 0 Å². The largest absolute Gasteiger partial charge is 0.496 e. The molecule has 0 aromatic heterocycles. The Morgan fingerprint density at radius 1 is 1.42 bits per heavy atom. The third-order valence-corrected chi connectivity index (χ3v) is 4.41. The molecule has 1 aliphatic rings. The van der Waals surface area contributed by atoms with Gasteiger partial charge in [-0.05, 0) is 51.5 Å². The molecule has 106 valence electrons. The first-order valence-corrected chi connectivity index (χ1v) is 7.21. The van der Waals surface area contributed by atoms with Crippen molar-refractivity contribution in [1.82, 2.24) is 10.2 Å². The zero-order chi connectivity index (χ0) is 13.9. The highest BCUT2D eigenvalue weighted by Crippen LogP contribution is 2.35. The number of aryl methyl sites for hydroxylation is 1. The number of likely N-dealkylation sites (N-methyl/N-ethyl adjacent to an activating group) is 1. The summed E-state index contributed by atoms with van der Waals surface area (Å²) >= 11 is 0. The van der Waals surface area contributed by atoms with Crippen LogP contribution < -0.4 is 10.1 Å². The van der Waals surface area contributed by atoms with Gasteiger partial charge < -0.3 is 10.1 Å². The fraction of sp³-hybridized carbons (Fsp3) is 0.625. The number of methoxy groups -OCH3 is 1. The normalized spacial score (nSPS) is 25.1. The highest BCUT2D eigenvalue weighted by atomic mass is 16.5. The fourth-order valence-corrected chi connectivity index (χ4v) is 2.85. The number of ether oxygens (including phenoxy) is 1. The lowest BCUT2D eigenvalue weighted by Gasteiger charge is -2.39. The highest BCUT2D eigenvalue weighted by molar-refractivity contribution is 5.42. The van der Waals surface area contributed by atoms with Crippen LogP contribution in [0, 0.1) is 0 Å². The van der Waals surface area contributed by atoms with Crippen LogP contribution in [0.3, 0.4) is 0 Å². The van der Waals surface area contributed by atoms with Crippen molar-refractivity contribution in [3.63, 3.8) is 0 Å². The Labute approximate surface area is 116 Å². The molecule has 1 atom stereocenters. The van der Waals surface area contributed by atoms with Crippen molar-refractivity contribution in [3.8, 4) is 5.75 Å². The van der Waals surface area contributed by atoms with E-state index in [1.54, 1.807) is 7.11 Å². The van der Waals surface area contributed by atoms with E-state index in [1.165, 1.54) is 17.5 Å². The van der Waals surface area contributed by atoms with Crippen LogP contribution in [0.2, 0.25) is 0 Å². The van der Waals surface area contributed by atoms with Crippen molar-refractivity contribution in [2.75, 3.05) is 33.8 Å². The summed E-state index contributed by atoms with van der Waals surface area (Å²) < 4.78 is 5.60. The maximum Gasteiger partial charge on any atom is 0.123 e. The lowest BCUT2D eigenvalue weighted by atomic mass is 9.88. The second kappa shape index (κ2) is 5.93. The summed E-state index contributed by atoms with van der Waals surface area (Å²) in [6.07, 6.45) is 2.26. The molecular weight excluding hydrogens is 236 g/mol. The minimum absolute atomic E-state index is 0.00692. The Hall–Kier alpha value is -1.06. The van der Waals surface area contributed by atoms with Crippen molar-refractivity contribution in [2.45, 2.75) is 32.2 Å². The van der Waals surface area contributed by atoms with Crippen molar-refractivity contribution in [1.29, 1.82) is 0 Å². The molecule has 1 saturated heterocycles. The summed E-state index contributed by atoms with van der Waals surface area (Å²) in [5.74, 6) is 0.996. The van der Waals surface area contributed by atoms with E-state index in [9.17, 15) is 0 Å². The minimum atomic E-state index is -0.00692. The predicted molar refractivity (Wildman–Crippen MR) is 79.8 cm³/mol. The van der Waals surface area contributed by atoms with Gasteiger partial charge in [0.05, 0.1) is 12.6 Å². The Balaban J connectivity index is 2.47. The van der Waals surface area contributed by atoms with E-state index in [0.29, 0.717) is 0 Å². The summed E-state index contributed by atoms with van der Waals surface area (Å²) in [6, 6.07) is 6.58. The second-order valence-corrected chi connectivity index (χ2v) is 5.61.